The van der Waals surface area contributed by atoms with Crippen LogP contribution in [0.25, 0.3) is 0 Å². The van der Waals surface area contributed by atoms with E-state index in [0.717, 1.165) is 8.66 Å². The van der Waals surface area contributed by atoms with Crippen molar-refractivity contribution in [3.8, 4) is 0 Å². The zero-order valence-electron chi connectivity index (χ0n) is 11.7. The van der Waals surface area contributed by atoms with Gasteiger partial charge < -0.3 is 9.80 Å². The number of aromatic nitrogens is 1. The lowest BCUT2D eigenvalue weighted by atomic mass is 10.2. The van der Waals surface area contributed by atoms with E-state index in [1.54, 1.807) is 34.2 Å². The highest BCUT2D eigenvalue weighted by Crippen LogP contribution is 2.23. The van der Waals surface area contributed by atoms with E-state index in [2.05, 4.69) is 20.9 Å². The fraction of sp³-hybridized carbons (Fsp3) is 0.267. The van der Waals surface area contributed by atoms with Crippen LogP contribution in [-0.4, -0.2) is 52.8 Å². The molecule has 0 unspecified atom stereocenters. The molecule has 1 fully saturated rings. The van der Waals surface area contributed by atoms with Crippen molar-refractivity contribution in [3.05, 3.63) is 50.9 Å². The first-order valence-corrected chi connectivity index (χ1v) is 8.51. The molecule has 0 saturated carbocycles. The van der Waals surface area contributed by atoms with Crippen LogP contribution >= 0.6 is 27.3 Å². The van der Waals surface area contributed by atoms with Crippen LogP contribution in [0.3, 0.4) is 0 Å². The maximum Gasteiger partial charge on any atom is 0.272 e. The lowest BCUT2D eigenvalue weighted by Gasteiger charge is -2.34. The van der Waals surface area contributed by atoms with Gasteiger partial charge in [-0.25, -0.2) is 0 Å². The summed E-state index contributed by atoms with van der Waals surface area (Å²) in [4.78, 5) is 33.0. The summed E-state index contributed by atoms with van der Waals surface area (Å²) in [5.41, 5.74) is 0.449. The van der Waals surface area contributed by atoms with E-state index in [1.165, 1.54) is 11.3 Å². The maximum absolute atomic E-state index is 12.4. The van der Waals surface area contributed by atoms with Crippen molar-refractivity contribution < 1.29 is 9.59 Å². The summed E-state index contributed by atoms with van der Waals surface area (Å²) in [6.45, 7) is 2.17. The quantitative estimate of drug-likeness (QED) is 0.805. The molecular weight excluding hydrogens is 366 g/mol. The third kappa shape index (κ3) is 3.20. The maximum atomic E-state index is 12.4. The number of thiophene rings is 1. The van der Waals surface area contributed by atoms with E-state index in [4.69, 9.17) is 0 Å². The molecular formula is C15H14BrN3O2S. The van der Waals surface area contributed by atoms with Crippen molar-refractivity contribution in [1.29, 1.82) is 0 Å². The number of carbonyl (C=O) groups excluding carboxylic acids is 2. The summed E-state index contributed by atoms with van der Waals surface area (Å²) in [5, 5.41) is 0. The van der Waals surface area contributed by atoms with Gasteiger partial charge in [-0.15, -0.1) is 11.3 Å². The Morgan fingerprint density at radius 1 is 1.00 bits per heavy atom. The third-order valence-electron chi connectivity index (χ3n) is 3.52. The second-order valence-electron chi connectivity index (χ2n) is 4.90. The molecule has 2 amide bonds. The molecule has 7 heteroatoms. The summed E-state index contributed by atoms with van der Waals surface area (Å²) in [6.07, 6.45) is 1.61. The minimum absolute atomic E-state index is 0.0284. The van der Waals surface area contributed by atoms with Crippen molar-refractivity contribution in [2.24, 2.45) is 0 Å². The number of halogens is 1. The van der Waals surface area contributed by atoms with Crippen LogP contribution in [0.1, 0.15) is 20.2 Å². The molecule has 0 spiro atoms. The molecule has 5 nitrogen and oxygen atoms in total. The Kier molecular flexibility index (Phi) is 4.54. The van der Waals surface area contributed by atoms with Gasteiger partial charge in [0.15, 0.2) is 0 Å². The Balaban J connectivity index is 1.61. The lowest BCUT2D eigenvalue weighted by Crippen LogP contribution is -2.50. The molecule has 114 valence electrons. The number of piperazine rings is 1. The van der Waals surface area contributed by atoms with Gasteiger partial charge in [0.05, 0.1) is 8.66 Å². The normalized spacial score (nSPS) is 15.0. The first kappa shape index (κ1) is 15.2. The van der Waals surface area contributed by atoms with Gasteiger partial charge in [-0.05, 0) is 40.2 Å². The molecule has 0 radical (unpaired) electrons. The smallest absolute Gasteiger partial charge is 0.272 e. The number of pyridine rings is 1. The average Bonchev–Trinajstić information content (AvgIpc) is 3.01. The van der Waals surface area contributed by atoms with Crippen molar-refractivity contribution in [3.63, 3.8) is 0 Å². The average molecular weight is 380 g/mol. The molecule has 3 rings (SSSR count). The van der Waals surface area contributed by atoms with Gasteiger partial charge in [0.25, 0.3) is 11.8 Å². The highest BCUT2D eigenvalue weighted by Gasteiger charge is 2.26. The van der Waals surface area contributed by atoms with Crippen LogP contribution < -0.4 is 0 Å². The SMILES string of the molecule is O=C(c1ccccn1)N1CCN(C(=O)c2ccc(Br)s2)CC1. The predicted molar refractivity (Wildman–Crippen MR) is 88.1 cm³/mol. The van der Waals surface area contributed by atoms with Crippen molar-refractivity contribution in [1.82, 2.24) is 14.8 Å². The number of hydrogen-bond acceptors (Lipinski definition) is 4. The molecule has 0 atom stereocenters. The number of amides is 2. The molecule has 0 aliphatic carbocycles. The van der Waals surface area contributed by atoms with Gasteiger partial charge in [-0.3, -0.25) is 14.6 Å². The van der Waals surface area contributed by atoms with E-state index >= 15 is 0 Å². The summed E-state index contributed by atoms with van der Waals surface area (Å²) in [7, 11) is 0. The second-order valence-corrected chi connectivity index (χ2v) is 7.37. The molecule has 1 aliphatic heterocycles. The molecule has 2 aromatic rings. The molecule has 0 bridgehead atoms. The van der Waals surface area contributed by atoms with E-state index in [1.807, 2.05) is 12.1 Å². The fourth-order valence-corrected chi connectivity index (χ4v) is 3.70. The number of hydrogen-bond donors (Lipinski definition) is 0. The van der Waals surface area contributed by atoms with Gasteiger partial charge in [0.2, 0.25) is 0 Å². The Hall–Kier alpha value is -1.73. The zero-order chi connectivity index (χ0) is 15.5. The van der Waals surface area contributed by atoms with Crippen LogP contribution in [-0.2, 0) is 0 Å². The van der Waals surface area contributed by atoms with E-state index < -0.39 is 0 Å². The van der Waals surface area contributed by atoms with Gasteiger partial charge in [0.1, 0.15) is 5.69 Å². The molecule has 2 aromatic heterocycles. The van der Waals surface area contributed by atoms with Crippen molar-refractivity contribution >= 4 is 39.1 Å². The van der Waals surface area contributed by atoms with Crippen LogP contribution in [0.4, 0.5) is 0 Å². The van der Waals surface area contributed by atoms with Gasteiger partial charge in [0, 0.05) is 32.4 Å². The highest BCUT2D eigenvalue weighted by atomic mass is 79.9. The summed E-state index contributed by atoms with van der Waals surface area (Å²) < 4.78 is 0.944. The minimum atomic E-state index is -0.0773. The van der Waals surface area contributed by atoms with Crippen LogP contribution in [0.2, 0.25) is 0 Å². The monoisotopic (exact) mass is 379 g/mol. The number of nitrogens with zero attached hydrogens (tertiary/aromatic N) is 3. The molecule has 3 heterocycles. The first-order chi connectivity index (χ1) is 10.6. The Bertz CT molecular complexity index is 681. The molecule has 22 heavy (non-hydrogen) atoms. The largest absolute Gasteiger partial charge is 0.334 e. The van der Waals surface area contributed by atoms with Gasteiger partial charge >= 0.3 is 0 Å². The topological polar surface area (TPSA) is 53.5 Å². The highest BCUT2D eigenvalue weighted by molar-refractivity contribution is 9.11. The summed E-state index contributed by atoms with van der Waals surface area (Å²) >= 11 is 4.80. The molecule has 1 aliphatic rings. The lowest BCUT2D eigenvalue weighted by molar-refractivity contribution is 0.0535. The second kappa shape index (κ2) is 6.58. The standard InChI is InChI=1S/C15H14BrN3O2S/c16-13-5-4-12(22-13)15(21)19-9-7-18(8-10-19)14(20)11-3-1-2-6-17-11/h1-6H,7-10H2. The van der Waals surface area contributed by atoms with Gasteiger partial charge in [-0.1, -0.05) is 6.07 Å². The Labute approximate surface area is 140 Å². The Morgan fingerprint density at radius 3 is 2.23 bits per heavy atom. The van der Waals surface area contributed by atoms with Gasteiger partial charge in [-0.2, -0.15) is 0 Å². The molecule has 0 N–H and O–H groups in total. The third-order valence-corrected chi connectivity index (χ3v) is 5.13. The first-order valence-electron chi connectivity index (χ1n) is 6.90. The van der Waals surface area contributed by atoms with E-state index in [9.17, 15) is 9.59 Å². The van der Waals surface area contributed by atoms with Crippen LogP contribution in [0.5, 0.6) is 0 Å². The van der Waals surface area contributed by atoms with E-state index in [-0.39, 0.29) is 11.8 Å². The zero-order valence-corrected chi connectivity index (χ0v) is 14.1. The van der Waals surface area contributed by atoms with Crippen LogP contribution in [0.15, 0.2) is 40.3 Å². The number of rotatable bonds is 2. The summed E-state index contributed by atoms with van der Waals surface area (Å²) in [6, 6.07) is 8.99. The van der Waals surface area contributed by atoms with E-state index in [0.29, 0.717) is 31.9 Å². The van der Waals surface area contributed by atoms with Crippen molar-refractivity contribution in [2.75, 3.05) is 26.2 Å². The number of carbonyl (C=O) groups is 2. The van der Waals surface area contributed by atoms with Crippen molar-refractivity contribution in [2.45, 2.75) is 0 Å². The summed E-state index contributed by atoms with van der Waals surface area (Å²) in [5.74, 6) is -0.0489. The Morgan fingerprint density at radius 2 is 1.68 bits per heavy atom. The predicted octanol–water partition coefficient (Wildman–Crippen LogP) is 2.50. The molecule has 1 saturated heterocycles. The fourth-order valence-electron chi connectivity index (χ4n) is 2.35. The minimum Gasteiger partial charge on any atom is -0.334 e. The van der Waals surface area contributed by atoms with Crippen LogP contribution in [0, 0.1) is 0 Å². The molecule has 0 aromatic carbocycles.